The summed E-state index contributed by atoms with van der Waals surface area (Å²) in [5.41, 5.74) is 1.98. The maximum absolute atomic E-state index is 12.4. The number of rotatable bonds is 4. The van der Waals surface area contributed by atoms with E-state index in [1.54, 1.807) is 17.4 Å². The largest absolute Gasteiger partial charge is 0.336 e. The molecule has 4 rings (SSSR count). The van der Waals surface area contributed by atoms with E-state index in [1.165, 1.54) is 0 Å². The van der Waals surface area contributed by atoms with Gasteiger partial charge in [-0.2, -0.15) is 0 Å². The van der Waals surface area contributed by atoms with Gasteiger partial charge in [-0.1, -0.05) is 18.2 Å². The standard InChI is InChI=1S/C18H21N5O2/c24-17-12-21(9-10-23(17)15-5-6-15)18(25)20-11-14-3-1-2-4-16(14)22-8-7-19-13-22/h1-4,7-8,13,15H,5-6,9-12H2,(H,20,25). The molecule has 0 spiro atoms. The third kappa shape index (κ3) is 3.35. The van der Waals surface area contributed by atoms with Crippen molar-refractivity contribution in [2.45, 2.75) is 25.4 Å². The molecule has 2 heterocycles. The summed E-state index contributed by atoms with van der Waals surface area (Å²) in [6, 6.07) is 8.09. The molecule has 1 aliphatic carbocycles. The van der Waals surface area contributed by atoms with Crippen molar-refractivity contribution in [2.75, 3.05) is 19.6 Å². The second-order valence-corrected chi connectivity index (χ2v) is 6.50. The highest BCUT2D eigenvalue weighted by Crippen LogP contribution is 2.28. The van der Waals surface area contributed by atoms with Crippen LogP contribution in [0.3, 0.4) is 0 Å². The first kappa shape index (κ1) is 15.7. The van der Waals surface area contributed by atoms with Crippen LogP contribution in [0.2, 0.25) is 0 Å². The second-order valence-electron chi connectivity index (χ2n) is 6.50. The zero-order valence-corrected chi connectivity index (χ0v) is 14.0. The van der Waals surface area contributed by atoms with E-state index in [0.29, 0.717) is 25.7 Å². The Morgan fingerprint density at radius 1 is 1.24 bits per heavy atom. The first-order valence-corrected chi connectivity index (χ1v) is 8.61. The van der Waals surface area contributed by atoms with Crippen LogP contribution in [0.1, 0.15) is 18.4 Å². The quantitative estimate of drug-likeness (QED) is 0.915. The molecule has 3 amide bonds. The summed E-state index contributed by atoms with van der Waals surface area (Å²) in [5, 5.41) is 2.93. The lowest BCUT2D eigenvalue weighted by Crippen LogP contribution is -2.55. The number of hydrogen-bond donors (Lipinski definition) is 1. The summed E-state index contributed by atoms with van der Waals surface area (Å²) in [5.74, 6) is 0.0581. The zero-order valence-electron chi connectivity index (χ0n) is 14.0. The third-order valence-corrected chi connectivity index (χ3v) is 4.74. The number of nitrogens with zero attached hydrogens (tertiary/aromatic N) is 4. The van der Waals surface area contributed by atoms with Gasteiger partial charge in [0.05, 0.1) is 12.0 Å². The zero-order chi connectivity index (χ0) is 17.2. The molecule has 1 saturated heterocycles. The molecular weight excluding hydrogens is 318 g/mol. The number of hydrogen-bond acceptors (Lipinski definition) is 3. The number of amides is 3. The van der Waals surface area contributed by atoms with Crippen LogP contribution >= 0.6 is 0 Å². The van der Waals surface area contributed by atoms with Gasteiger partial charge < -0.3 is 19.7 Å². The number of nitrogens with one attached hydrogen (secondary N) is 1. The highest BCUT2D eigenvalue weighted by Gasteiger charge is 2.36. The molecule has 1 N–H and O–H groups in total. The lowest BCUT2D eigenvalue weighted by atomic mass is 10.1. The van der Waals surface area contributed by atoms with Crippen molar-refractivity contribution in [1.82, 2.24) is 24.7 Å². The molecule has 130 valence electrons. The molecule has 1 aromatic carbocycles. The predicted octanol–water partition coefficient (Wildman–Crippen LogP) is 1.39. The maximum atomic E-state index is 12.4. The van der Waals surface area contributed by atoms with E-state index in [4.69, 9.17) is 0 Å². The third-order valence-electron chi connectivity index (χ3n) is 4.74. The van der Waals surface area contributed by atoms with Crippen LogP contribution in [0.5, 0.6) is 0 Å². The van der Waals surface area contributed by atoms with Crippen molar-refractivity contribution in [3.63, 3.8) is 0 Å². The van der Waals surface area contributed by atoms with Gasteiger partial charge in [0.25, 0.3) is 0 Å². The van der Waals surface area contributed by atoms with E-state index in [1.807, 2.05) is 39.9 Å². The number of carbonyl (C=O) groups is 2. The van der Waals surface area contributed by atoms with Crippen molar-refractivity contribution in [3.8, 4) is 5.69 Å². The fourth-order valence-electron chi connectivity index (χ4n) is 3.23. The van der Waals surface area contributed by atoms with Crippen molar-refractivity contribution in [3.05, 3.63) is 48.5 Å². The van der Waals surface area contributed by atoms with Crippen molar-refractivity contribution >= 4 is 11.9 Å². The van der Waals surface area contributed by atoms with Crippen molar-refractivity contribution < 1.29 is 9.59 Å². The van der Waals surface area contributed by atoms with Crippen LogP contribution < -0.4 is 5.32 Å². The molecule has 0 unspecified atom stereocenters. The first-order valence-electron chi connectivity index (χ1n) is 8.61. The molecule has 1 saturated carbocycles. The minimum absolute atomic E-state index is 0.0581. The highest BCUT2D eigenvalue weighted by molar-refractivity contribution is 5.85. The number of benzene rings is 1. The lowest BCUT2D eigenvalue weighted by Gasteiger charge is -2.34. The average Bonchev–Trinajstić information content (AvgIpc) is 3.33. The summed E-state index contributed by atoms with van der Waals surface area (Å²) in [6.07, 6.45) is 7.53. The van der Waals surface area contributed by atoms with Gasteiger partial charge in [0.2, 0.25) is 5.91 Å². The van der Waals surface area contributed by atoms with Gasteiger partial charge >= 0.3 is 6.03 Å². The SMILES string of the molecule is O=C(NCc1ccccc1-n1ccnc1)N1CCN(C2CC2)C(=O)C1. The summed E-state index contributed by atoms with van der Waals surface area (Å²) >= 11 is 0. The van der Waals surface area contributed by atoms with Crippen LogP contribution in [0, 0.1) is 0 Å². The van der Waals surface area contributed by atoms with Gasteiger partial charge in [-0.3, -0.25) is 4.79 Å². The average molecular weight is 339 g/mol. The molecular formula is C18H21N5O2. The molecule has 2 aliphatic rings. The number of aromatic nitrogens is 2. The summed E-state index contributed by atoms with van der Waals surface area (Å²) in [4.78, 5) is 32.2. The van der Waals surface area contributed by atoms with E-state index in [9.17, 15) is 9.59 Å². The Kier molecular flexibility index (Phi) is 4.13. The van der Waals surface area contributed by atoms with Crippen LogP contribution in [0.25, 0.3) is 5.69 Å². The van der Waals surface area contributed by atoms with Crippen molar-refractivity contribution in [1.29, 1.82) is 0 Å². The first-order chi connectivity index (χ1) is 12.2. The summed E-state index contributed by atoms with van der Waals surface area (Å²) < 4.78 is 1.92. The van der Waals surface area contributed by atoms with Crippen LogP contribution in [0.4, 0.5) is 4.79 Å². The van der Waals surface area contributed by atoms with E-state index in [-0.39, 0.29) is 18.5 Å². The van der Waals surface area contributed by atoms with Gasteiger partial charge in [0.15, 0.2) is 0 Å². The number of imidazole rings is 1. The van der Waals surface area contributed by atoms with Gasteiger partial charge in [-0.15, -0.1) is 0 Å². The fourth-order valence-corrected chi connectivity index (χ4v) is 3.23. The molecule has 0 atom stereocenters. The summed E-state index contributed by atoms with van der Waals surface area (Å²) in [7, 11) is 0. The van der Waals surface area contributed by atoms with Gasteiger partial charge in [0, 0.05) is 38.1 Å². The Bertz CT molecular complexity index is 770. The van der Waals surface area contributed by atoms with E-state index in [2.05, 4.69) is 10.3 Å². The Labute approximate surface area is 146 Å². The van der Waals surface area contributed by atoms with Crippen LogP contribution in [-0.2, 0) is 11.3 Å². The number of para-hydroxylation sites is 1. The van der Waals surface area contributed by atoms with E-state index < -0.39 is 0 Å². The Hall–Kier alpha value is -2.83. The van der Waals surface area contributed by atoms with Gasteiger partial charge in [-0.05, 0) is 24.5 Å². The molecule has 2 fully saturated rings. The molecule has 0 bridgehead atoms. The van der Waals surface area contributed by atoms with Crippen molar-refractivity contribution in [2.24, 2.45) is 0 Å². The molecule has 1 aromatic heterocycles. The predicted molar refractivity (Wildman–Crippen MR) is 92.1 cm³/mol. The molecule has 25 heavy (non-hydrogen) atoms. The summed E-state index contributed by atoms with van der Waals surface area (Å²) in [6.45, 7) is 1.81. The Morgan fingerprint density at radius 2 is 2.08 bits per heavy atom. The van der Waals surface area contributed by atoms with Crippen LogP contribution in [0.15, 0.2) is 43.0 Å². The van der Waals surface area contributed by atoms with E-state index in [0.717, 1.165) is 24.1 Å². The number of carbonyl (C=O) groups excluding carboxylic acids is 2. The highest BCUT2D eigenvalue weighted by atomic mass is 16.2. The molecule has 7 heteroatoms. The smallest absolute Gasteiger partial charge is 0.318 e. The number of piperazine rings is 1. The second kappa shape index (κ2) is 6.58. The normalized spacial score (nSPS) is 17.7. The molecule has 7 nitrogen and oxygen atoms in total. The number of urea groups is 1. The minimum Gasteiger partial charge on any atom is -0.336 e. The van der Waals surface area contributed by atoms with Gasteiger partial charge in [-0.25, -0.2) is 9.78 Å². The molecule has 2 aromatic rings. The fraction of sp³-hybridized carbons (Fsp3) is 0.389. The Morgan fingerprint density at radius 3 is 2.80 bits per heavy atom. The maximum Gasteiger partial charge on any atom is 0.318 e. The van der Waals surface area contributed by atoms with Gasteiger partial charge in [0.1, 0.15) is 6.54 Å². The van der Waals surface area contributed by atoms with Crippen LogP contribution in [-0.4, -0.2) is 57.0 Å². The lowest BCUT2D eigenvalue weighted by molar-refractivity contribution is -0.135. The Balaban J connectivity index is 1.37. The monoisotopic (exact) mass is 339 g/mol. The minimum atomic E-state index is -0.191. The topological polar surface area (TPSA) is 70.5 Å². The molecule has 0 radical (unpaired) electrons. The van der Waals surface area contributed by atoms with E-state index >= 15 is 0 Å². The molecule has 1 aliphatic heterocycles.